The van der Waals surface area contributed by atoms with E-state index < -0.39 is 5.91 Å². The number of aliphatic imine (C=N–C) groups is 1. The summed E-state index contributed by atoms with van der Waals surface area (Å²) in [5.74, 6) is -0.498. The smallest absolute Gasteiger partial charge is 0.275 e. The molecule has 0 aliphatic carbocycles. The zero-order valence-electron chi connectivity index (χ0n) is 12.2. The molecule has 22 heavy (non-hydrogen) atoms. The second kappa shape index (κ2) is 6.58. The van der Waals surface area contributed by atoms with E-state index in [4.69, 9.17) is 11.5 Å². The zero-order chi connectivity index (χ0) is 16.1. The Labute approximate surface area is 128 Å². The Bertz CT molecular complexity index is 743. The number of nitrogens with two attached hydrogens (primary N) is 2. The molecule has 0 spiro atoms. The van der Waals surface area contributed by atoms with E-state index in [2.05, 4.69) is 4.99 Å². The number of aromatic hydroxyl groups is 1. The molecule has 5 N–H and O–H groups in total. The highest BCUT2D eigenvalue weighted by atomic mass is 16.3. The van der Waals surface area contributed by atoms with Crippen molar-refractivity contribution >= 4 is 17.9 Å². The van der Waals surface area contributed by atoms with Crippen molar-refractivity contribution in [1.82, 2.24) is 0 Å². The average molecular weight is 295 g/mol. The quantitative estimate of drug-likeness (QED) is 0.459. The molecule has 0 aliphatic heterocycles. The first-order chi connectivity index (χ1) is 10.5. The van der Waals surface area contributed by atoms with Crippen LogP contribution in [0.1, 0.15) is 12.5 Å². The molecule has 1 amide bonds. The molecule has 0 radical (unpaired) electrons. The minimum atomic E-state index is -0.468. The Morgan fingerprint density at radius 1 is 1.09 bits per heavy atom. The number of amides is 1. The lowest BCUT2D eigenvalue weighted by atomic mass is 10.0. The lowest BCUT2D eigenvalue weighted by Gasteiger charge is -2.05. The monoisotopic (exact) mass is 295 g/mol. The summed E-state index contributed by atoms with van der Waals surface area (Å²) in [6.07, 6.45) is 1.70. The van der Waals surface area contributed by atoms with Crippen LogP contribution in [0.5, 0.6) is 5.75 Å². The molecule has 0 unspecified atom stereocenters. The molecular weight excluding hydrogens is 278 g/mol. The van der Waals surface area contributed by atoms with Gasteiger partial charge in [0.25, 0.3) is 5.91 Å². The third-order valence-electron chi connectivity index (χ3n) is 3.08. The van der Waals surface area contributed by atoms with Gasteiger partial charge in [0.1, 0.15) is 5.75 Å². The molecule has 2 aromatic rings. The molecule has 0 heterocycles. The van der Waals surface area contributed by atoms with E-state index >= 15 is 0 Å². The minimum Gasteiger partial charge on any atom is -0.507 e. The van der Waals surface area contributed by atoms with Gasteiger partial charge in [-0.3, -0.25) is 4.79 Å². The molecule has 112 valence electrons. The van der Waals surface area contributed by atoms with Crippen LogP contribution >= 0.6 is 0 Å². The number of hydrogen-bond donors (Lipinski definition) is 3. The highest BCUT2D eigenvalue weighted by Crippen LogP contribution is 2.28. The first-order valence-electron chi connectivity index (χ1n) is 6.68. The summed E-state index contributed by atoms with van der Waals surface area (Å²) in [6.45, 7) is 1.64. The standard InChI is InChI=1S/C17H17N3O2/c1-11(16(22)20-17(18)19)10-12-6-8-13(9-7-12)14-4-2-3-5-15(14)21/h2-10,21H,1H3,(H4,18,19,20,22)/b11-10+. The number of carbonyl (C=O) groups is 1. The van der Waals surface area contributed by atoms with Crippen molar-refractivity contribution in [2.75, 3.05) is 0 Å². The van der Waals surface area contributed by atoms with E-state index in [1.165, 1.54) is 0 Å². The van der Waals surface area contributed by atoms with Gasteiger partial charge in [0.2, 0.25) is 0 Å². The Balaban J connectivity index is 2.25. The van der Waals surface area contributed by atoms with Gasteiger partial charge in [0.15, 0.2) is 5.96 Å². The Hall–Kier alpha value is -3.08. The third-order valence-corrected chi connectivity index (χ3v) is 3.08. The van der Waals surface area contributed by atoms with Gasteiger partial charge in [-0.25, -0.2) is 0 Å². The number of phenolic OH excluding ortho intramolecular Hbond substituents is 1. The largest absolute Gasteiger partial charge is 0.507 e. The van der Waals surface area contributed by atoms with Gasteiger partial charge >= 0.3 is 0 Å². The maximum Gasteiger partial charge on any atom is 0.275 e. The van der Waals surface area contributed by atoms with Gasteiger partial charge < -0.3 is 16.6 Å². The fourth-order valence-electron chi connectivity index (χ4n) is 1.99. The Morgan fingerprint density at radius 3 is 2.32 bits per heavy atom. The van der Waals surface area contributed by atoms with Gasteiger partial charge in [-0.15, -0.1) is 0 Å². The van der Waals surface area contributed by atoms with Crippen molar-refractivity contribution in [3.63, 3.8) is 0 Å². The second-order valence-corrected chi connectivity index (χ2v) is 4.81. The van der Waals surface area contributed by atoms with E-state index in [-0.39, 0.29) is 11.7 Å². The number of benzene rings is 2. The summed E-state index contributed by atoms with van der Waals surface area (Å²) >= 11 is 0. The van der Waals surface area contributed by atoms with Gasteiger partial charge in [-0.1, -0.05) is 42.5 Å². The van der Waals surface area contributed by atoms with Crippen LogP contribution in [0, 0.1) is 0 Å². The summed E-state index contributed by atoms with van der Waals surface area (Å²) in [6, 6.07) is 14.6. The predicted molar refractivity (Wildman–Crippen MR) is 88.0 cm³/mol. The lowest BCUT2D eigenvalue weighted by Crippen LogP contribution is -2.24. The van der Waals surface area contributed by atoms with Gasteiger partial charge in [-0.05, 0) is 30.2 Å². The third kappa shape index (κ3) is 3.73. The highest BCUT2D eigenvalue weighted by Gasteiger charge is 2.05. The lowest BCUT2D eigenvalue weighted by molar-refractivity contribution is -0.114. The second-order valence-electron chi connectivity index (χ2n) is 4.81. The zero-order valence-corrected chi connectivity index (χ0v) is 12.2. The molecule has 5 heteroatoms. The van der Waals surface area contributed by atoms with Crippen LogP contribution in [0.4, 0.5) is 0 Å². The SMILES string of the molecule is C/C(=C\c1ccc(-c2ccccc2O)cc1)C(=O)N=C(N)N. The Kier molecular flexibility index (Phi) is 4.58. The van der Waals surface area contributed by atoms with Crippen LogP contribution in [0.25, 0.3) is 17.2 Å². The van der Waals surface area contributed by atoms with Crippen LogP contribution < -0.4 is 11.5 Å². The number of phenols is 1. The molecule has 5 nitrogen and oxygen atoms in total. The molecule has 2 rings (SSSR count). The molecule has 0 bridgehead atoms. The van der Waals surface area contributed by atoms with Crippen molar-refractivity contribution < 1.29 is 9.90 Å². The van der Waals surface area contributed by atoms with Crippen LogP contribution in [-0.2, 0) is 4.79 Å². The summed E-state index contributed by atoms with van der Waals surface area (Å²) in [7, 11) is 0. The van der Waals surface area contributed by atoms with Gasteiger partial charge in [0.05, 0.1) is 0 Å². The first kappa shape index (κ1) is 15.3. The van der Waals surface area contributed by atoms with Crippen molar-refractivity contribution in [1.29, 1.82) is 0 Å². The molecule has 0 saturated heterocycles. The molecule has 0 fully saturated rings. The van der Waals surface area contributed by atoms with Crippen molar-refractivity contribution in [2.24, 2.45) is 16.5 Å². The summed E-state index contributed by atoms with van der Waals surface area (Å²) in [4.78, 5) is 15.1. The maximum atomic E-state index is 11.6. The topological polar surface area (TPSA) is 102 Å². The fourth-order valence-corrected chi connectivity index (χ4v) is 1.99. The van der Waals surface area contributed by atoms with Gasteiger partial charge in [0, 0.05) is 11.1 Å². The van der Waals surface area contributed by atoms with E-state index in [9.17, 15) is 9.90 Å². The van der Waals surface area contributed by atoms with E-state index in [1.807, 2.05) is 36.4 Å². The summed E-state index contributed by atoms with van der Waals surface area (Å²) < 4.78 is 0. The number of carbonyl (C=O) groups excluding carboxylic acids is 1. The highest BCUT2D eigenvalue weighted by molar-refractivity contribution is 6.03. The van der Waals surface area contributed by atoms with E-state index in [0.29, 0.717) is 5.57 Å². The number of para-hydroxylation sites is 1. The maximum absolute atomic E-state index is 11.6. The predicted octanol–water partition coefficient (Wildman–Crippen LogP) is 2.26. The van der Waals surface area contributed by atoms with E-state index in [1.54, 1.807) is 25.1 Å². The number of rotatable bonds is 3. The number of hydrogen-bond acceptors (Lipinski definition) is 2. The molecular formula is C17H17N3O2. The summed E-state index contributed by atoms with van der Waals surface area (Å²) in [5, 5.41) is 9.84. The number of guanidine groups is 1. The van der Waals surface area contributed by atoms with Crippen molar-refractivity contribution in [3.05, 3.63) is 59.7 Å². The molecule has 0 aromatic heterocycles. The van der Waals surface area contributed by atoms with Crippen LogP contribution in [-0.4, -0.2) is 17.0 Å². The average Bonchev–Trinajstić information content (AvgIpc) is 2.48. The number of nitrogens with zero attached hydrogens (tertiary/aromatic N) is 1. The molecule has 2 aromatic carbocycles. The molecule has 0 atom stereocenters. The normalized spacial score (nSPS) is 11.0. The fraction of sp³-hybridized carbons (Fsp3) is 0.0588. The summed E-state index contributed by atoms with van der Waals surface area (Å²) in [5.41, 5.74) is 13.3. The molecule has 0 aliphatic rings. The minimum absolute atomic E-state index is 0.227. The van der Waals surface area contributed by atoms with Crippen molar-refractivity contribution in [2.45, 2.75) is 6.92 Å². The van der Waals surface area contributed by atoms with Crippen LogP contribution in [0.15, 0.2) is 59.1 Å². The van der Waals surface area contributed by atoms with E-state index in [0.717, 1.165) is 16.7 Å². The Morgan fingerprint density at radius 2 is 1.73 bits per heavy atom. The van der Waals surface area contributed by atoms with Crippen LogP contribution in [0.2, 0.25) is 0 Å². The first-order valence-corrected chi connectivity index (χ1v) is 6.68. The van der Waals surface area contributed by atoms with Crippen LogP contribution in [0.3, 0.4) is 0 Å². The van der Waals surface area contributed by atoms with Crippen molar-refractivity contribution in [3.8, 4) is 16.9 Å². The molecule has 0 saturated carbocycles. The van der Waals surface area contributed by atoms with Gasteiger partial charge in [-0.2, -0.15) is 4.99 Å².